The molecule has 0 N–H and O–H groups in total. The van der Waals surface area contributed by atoms with Crippen molar-refractivity contribution in [3.63, 3.8) is 0 Å². The van der Waals surface area contributed by atoms with Gasteiger partial charge in [0, 0.05) is 4.90 Å². The summed E-state index contributed by atoms with van der Waals surface area (Å²) in [4.78, 5) is 0.821. The zero-order valence-corrected chi connectivity index (χ0v) is 24.7. The highest BCUT2D eigenvalue weighted by Gasteiger charge is 2.22. The van der Waals surface area contributed by atoms with Gasteiger partial charge in [-0.3, -0.25) is 0 Å². The SMILES string of the molecule is [B]c1c(S)c(C)c(C)c(-c2c3ccccc3c(-c3ccc(-c4ccccc4)c4ccccc34)c3ccccc23)c1C=C. The normalized spacial score (nSPS) is 11.4. The van der Waals surface area contributed by atoms with E-state index in [0.717, 1.165) is 21.6 Å². The standard InChI is InChI=1S/C40H29BS/c1-4-27-36(24(2)25(3)40(42)39(27)41)38-33-20-12-10-18-31(33)37(32-19-11-13-21-34(32)38)35-23-22-28(26-14-6-5-7-15-26)29-16-8-9-17-30(29)35/h4-23,42H,1H2,2-3H3. The van der Waals surface area contributed by atoms with Crippen LogP contribution in [0.5, 0.6) is 0 Å². The lowest BCUT2D eigenvalue weighted by Crippen LogP contribution is -2.15. The monoisotopic (exact) mass is 552 g/mol. The summed E-state index contributed by atoms with van der Waals surface area (Å²) in [5.41, 5.74) is 11.1. The largest absolute Gasteiger partial charge is 0.144 e. The Labute approximate surface area is 254 Å². The van der Waals surface area contributed by atoms with Crippen LogP contribution in [0.3, 0.4) is 0 Å². The van der Waals surface area contributed by atoms with Gasteiger partial charge >= 0.3 is 0 Å². The first-order valence-corrected chi connectivity index (χ1v) is 14.7. The first-order chi connectivity index (χ1) is 20.5. The second kappa shape index (κ2) is 10.4. The van der Waals surface area contributed by atoms with E-state index in [4.69, 9.17) is 20.5 Å². The molecule has 0 heterocycles. The molecular formula is C40H29BS. The van der Waals surface area contributed by atoms with Gasteiger partial charge in [-0.2, -0.15) is 0 Å². The molecule has 7 aromatic carbocycles. The molecule has 0 aliphatic rings. The summed E-state index contributed by atoms with van der Waals surface area (Å²) in [6.07, 6.45) is 1.88. The second-order valence-electron chi connectivity index (χ2n) is 10.9. The number of thiol groups is 1. The maximum atomic E-state index is 6.69. The van der Waals surface area contributed by atoms with Gasteiger partial charge < -0.3 is 0 Å². The lowest BCUT2D eigenvalue weighted by Gasteiger charge is -2.24. The third kappa shape index (κ3) is 3.94. The summed E-state index contributed by atoms with van der Waals surface area (Å²) in [6, 6.07) is 41.5. The third-order valence-corrected chi connectivity index (χ3v) is 9.35. The molecule has 0 nitrogen and oxygen atoms in total. The fraction of sp³-hybridized carbons (Fsp3) is 0.0500. The summed E-state index contributed by atoms with van der Waals surface area (Å²) in [5.74, 6) is 0. The van der Waals surface area contributed by atoms with E-state index in [1.807, 2.05) is 6.08 Å². The van der Waals surface area contributed by atoms with Crippen molar-refractivity contribution in [2.45, 2.75) is 18.7 Å². The molecule has 2 radical (unpaired) electrons. The van der Waals surface area contributed by atoms with Crippen LogP contribution in [0.25, 0.3) is 71.8 Å². The highest BCUT2D eigenvalue weighted by molar-refractivity contribution is 7.80. The number of fused-ring (bicyclic) bond motifs is 3. The van der Waals surface area contributed by atoms with Gasteiger partial charge in [0.15, 0.2) is 0 Å². The molecule has 0 aliphatic carbocycles. The van der Waals surface area contributed by atoms with Crippen LogP contribution in [0, 0.1) is 13.8 Å². The molecule has 198 valence electrons. The average molecular weight is 553 g/mol. The molecule has 0 atom stereocenters. The summed E-state index contributed by atoms with van der Waals surface area (Å²) < 4.78 is 0. The number of rotatable bonds is 4. The van der Waals surface area contributed by atoms with E-state index in [1.165, 1.54) is 65.7 Å². The van der Waals surface area contributed by atoms with Crippen LogP contribution in [0.1, 0.15) is 16.7 Å². The van der Waals surface area contributed by atoms with Crippen molar-refractivity contribution in [3.8, 4) is 33.4 Å². The van der Waals surface area contributed by atoms with Crippen LogP contribution in [0.4, 0.5) is 0 Å². The zero-order valence-electron chi connectivity index (χ0n) is 23.8. The first kappa shape index (κ1) is 26.4. The van der Waals surface area contributed by atoms with Crippen molar-refractivity contribution in [1.29, 1.82) is 0 Å². The van der Waals surface area contributed by atoms with Crippen LogP contribution in [-0.2, 0) is 0 Å². The molecule has 0 saturated heterocycles. The van der Waals surface area contributed by atoms with Crippen molar-refractivity contribution in [1.82, 2.24) is 0 Å². The maximum Gasteiger partial charge on any atom is 0.116 e. The predicted molar refractivity (Wildman–Crippen MR) is 187 cm³/mol. The number of hydrogen-bond acceptors (Lipinski definition) is 1. The molecule has 0 amide bonds. The van der Waals surface area contributed by atoms with Crippen LogP contribution >= 0.6 is 12.6 Å². The predicted octanol–water partition coefficient (Wildman–Crippen LogP) is 10.5. The Morgan fingerprint density at radius 2 is 0.976 bits per heavy atom. The summed E-state index contributed by atoms with van der Waals surface area (Å²) >= 11 is 4.77. The van der Waals surface area contributed by atoms with Gasteiger partial charge in [0.05, 0.1) is 0 Å². The molecule has 7 aromatic rings. The quantitative estimate of drug-likeness (QED) is 0.125. The minimum Gasteiger partial charge on any atom is -0.144 e. The Morgan fingerprint density at radius 3 is 1.52 bits per heavy atom. The molecule has 0 fully saturated rings. The smallest absolute Gasteiger partial charge is 0.116 e. The van der Waals surface area contributed by atoms with Crippen LogP contribution in [-0.4, -0.2) is 7.85 Å². The second-order valence-corrected chi connectivity index (χ2v) is 11.4. The zero-order chi connectivity index (χ0) is 29.0. The van der Waals surface area contributed by atoms with Crippen LogP contribution < -0.4 is 5.46 Å². The number of hydrogen-bond donors (Lipinski definition) is 1. The molecule has 2 heteroatoms. The first-order valence-electron chi connectivity index (χ1n) is 14.3. The molecule has 0 aliphatic heterocycles. The van der Waals surface area contributed by atoms with Crippen LogP contribution in [0.2, 0.25) is 0 Å². The van der Waals surface area contributed by atoms with E-state index in [-0.39, 0.29) is 0 Å². The topological polar surface area (TPSA) is 0 Å². The lowest BCUT2D eigenvalue weighted by atomic mass is 9.77. The minimum absolute atomic E-state index is 0.672. The van der Waals surface area contributed by atoms with Gasteiger partial charge in [-0.25, -0.2) is 0 Å². The molecule has 0 bridgehead atoms. The van der Waals surface area contributed by atoms with E-state index in [1.54, 1.807) is 0 Å². The van der Waals surface area contributed by atoms with Crippen LogP contribution in [0.15, 0.2) is 127 Å². The summed E-state index contributed by atoms with van der Waals surface area (Å²) in [5, 5.41) is 7.30. The molecule has 0 aromatic heterocycles. The van der Waals surface area contributed by atoms with Crippen molar-refractivity contribution in [3.05, 3.63) is 139 Å². The Morgan fingerprint density at radius 1 is 0.524 bits per heavy atom. The average Bonchev–Trinajstić information content (AvgIpc) is 3.04. The van der Waals surface area contributed by atoms with Crippen molar-refractivity contribution < 1.29 is 0 Å². The van der Waals surface area contributed by atoms with E-state index in [2.05, 4.69) is 136 Å². The molecular weight excluding hydrogens is 523 g/mol. The fourth-order valence-electron chi connectivity index (χ4n) is 6.64. The van der Waals surface area contributed by atoms with Crippen molar-refractivity contribution >= 4 is 64.3 Å². The van der Waals surface area contributed by atoms with Gasteiger partial charge in [-0.05, 0) is 96.2 Å². The molecule has 0 unspecified atom stereocenters. The Hall–Kier alpha value is -4.53. The van der Waals surface area contributed by atoms with Gasteiger partial charge in [-0.15, -0.1) is 12.6 Å². The highest BCUT2D eigenvalue weighted by Crippen LogP contribution is 2.48. The summed E-state index contributed by atoms with van der Waals surface area (Å²) in [6.45, 7) is 8.44. The Bertz CT molecular complexity index is 2130. The van der Waals surface area contributed by atoms with Gasteiger partial charge in [0.1, 0.15) is 7.85 Å². The Balaban J connectivity index is 1.65. The Kier molecular flexibility index (Phi) is 6.52. The van der Waals surface area contributed by atoms with Gasteiger partial charge in [0.25, 0.3) is 0 Å². The van der Waals surface area contributed by atoms with E-state index >= 15 is 0 Å². The fourth-order valence-corrected chi connectivity index (χ4v) is 6.93. The highest BCUT2D eigenvalue weighted by atomic mass is 32.1. The van der Waals surface area contributed by atoms with E-state index < -0.39 is 0 Å². The lowest BCUT2D eigenvalue weighted by molar-refractivity contribution is 1.26. The van der Waals surface area contributed by atoms with E-state index in [0.29, 0.717) is 5.46 Å². The van der Waals surface area contributed by atoms with Gasteiger partial charge in [0.2, 0.25) is 0 Å². The third-order valence-electron chi connectivity index (χ3n) is 8.77. The minimum atomic E-state index is 0.672. The maximum absolute atomic E-state index is 6.69. The molecule has 0 spiro atoms. The van der Waals surface area contributed by atoms with E-state index in [9.17, 15) is 0 Å². The molecule has 42 heavy (non-hydrogen) atoms. The van der Waals surface area contributed by atoms with Crippen molar-refractivity contribution in [2.75, 3.05) is 0 Å². The molecule has 7 rings (SSSR count). The van der Waals surface area contributed by atoms with Gasteiger partial charge in [-0.1, -0.05) is 133 Å². The van der Waals surface area contributed by atoms with Crippen molar-refractivity contribution in [2.24, 2.45) is 0 Å². The summed E-state index contributed by atoms with van der Waals surface area (Å²) in [7, 11) is 6.69. The number of benzene rings is 7. The molecule has 0 saturated carbocycles.